The molecule has 0 unspecified atom stereocenters. The van der Waals surface area contributed by atoms with Gasteiger partial charge in [0.25, 0.3) is 0 Å². The largest absolute Gasteiger partial charge is 0.478 e. The molecule has 2 nitrogen and oxygen atoms in total. The van der Waals surface area contributed by atoms with Crippen molar-refractivity contribution in [2.24, 2.45) is 0 Å². The van der Waals surface area contributed by atoms with Crippen LogP contribution in [0.25, 0.3) is 0 Å². The predicted molar refractivity (Wildman–Crippen MR) is 84.1 cm³/mol. The van der Waals surface area contributed by atoms with Crippen LogP contribution in [0.3, 0.4) is 0 Å². The minimum absolute atomic E-state index is 0.679. The first-order chi connectivity index (χ1) is 9.56. The van der Waals surface area contributed by atoms with Crippen LogP contribution in [0.4, 0.5) is 0 Å². The maximum atomic E-state index is 10.9. The molecule has 1 rings (SSSR count). The molecule has 1 aromatic carbocycles. The van der Waals surface area contributed by atoms with Gasteiger partial charge in [-0.25, -0.2) is 4.79 Å². The molecule has 0 atom stereocenters. The zero-order valence-corrected chi connectivity index (χ0v) is 12.5. The Bertz CT molecular complexity index is 537. The SMILES string of the molecule is CC=CC(=CC)C(=CC(=O)O)CCc1ccc(Cl)cc1. The van der Waals surface area contributed by atoms with Gasteiger partial charge in [-0.1, -0.05) is 42.0 Å². The fourth-order valence-electron chi connectivity index (χ4n) is 1.95. The second-order valence-electron chi connectivity index (χ2n) is 4.38. The highest BCUT2D eigenvalue weighted by Gasteiger charge is 2.05. The average Bonchev–Trinajstić information content (AvgIpc) is 2.42. The monoisotopic (exact) mass is 290 g/mol. The molecular weight excluding hydrogens is 272 g/mol. The average molecular weight is 291 g/mol. The van der Waals surface area contributed by atoms with Crippen molar-refractivity contribution in [1.82, 2.24) is 0 Å². The van der Waals surface area contributed by atoms with E-state index in [1.165, 1.54) is 6.08 Å². The molecule has 0 saturated heterocycles. The molecule has 0 spiro atoms. The van der Waals surface area contributed by atoms with Crippen molar-refractivity contribution >= 4 is 17.6 Å². The third-order valence-corrected chi connectivity index (χ3v) is 3.17. The normalized spacial score (nSPS) is 12.9. The van der Waals surface area contributed by atoms with Gasteiger partial charge in [-0.3, -0.25) is 0 Å². The summed E-state index contributed by atoms with van der Waals surface area (Å²) < 4.78 is 0. The number of carbonyl (C=O) groups is 1. The van der Waals surface area contributed by atoms with Crippen LogP contribution in [-0.2, 0) is 11.2 Å². The van der Waals surface area contributed by atoms with Crippen LogP contribution in [0.5, 0.6) is 0 Å². The summed E-state index contributed by atoms with van der Waals surface area (Å²) in [5.74, 6) is -0.917. The van der Waals surface area contributed by atoms with E-state index in [4.69, 9.17) is 16.7 Å². The van der Waals surface area contributed by atoms with Gasteiger partial charge in [0.2, 0.25) is 0 Å². The highest BCUT2D eigenvalue weighted by Crippen LogP contribution is 2.19. The van der Waals surface area contributed by atoms with Crippen molar-refractivity contribution in [3.05, 3.63) is 70.3 Å². The molecule has 106 valence electrons. The molecule has 0 saturated carbocycles. The Balaban J connectivity index is 2.86. The van der Waals surface area contributed by atoms with Crippen molar-refractivity contribution in [2.75, 3.05) is 0 Å². The first-order valence-corrected chi connectivity index (χ1v) is 6.92. The Morgan fingerprint density at radius 2 is 1.90 bits per heavy atom. The number of carboxylic acid groups (broad SMARTS) is 1. The van der Waals surface area contributed by atoms with Gasteiger partial charge in [0.1, 0.15) is 0 Å². The van der Waals surface area contributed by atoms with Gasteiger partial charge >= 0.3 is 5.97 Å². The molecule has 0 aliphatic heterocycles. The third-order valence-electron chi connectivity index (χ3n) is 2.92. The zero-order chi connectivity index (χ0) is 15.0. The first-order valence-electron chi connectivity index (χ1n) is 6.54. The number of hydrogen-bond donors (Lipinski definition) is 1. The standard InChI is InChI=1S/C17H19ClO2/c1-3-5-14(4-2)15(12-17(19)20)9-6-13-7-10-16(18)11-8-13/h3-5,7-8,10-12H,6,9H2,1-2H3,(H,19,20). The van der Waals surface area contributed by atoms with E-state index in [1.807, 2.05) is 56.3 Å². The molecule has 20 heavy (non-hydrogen) atoms. The molecule has 3 heteroatoms. The molecule has 0 bridgehead atoms. The van der Waals surface area contributed by atoms with Gasteiger partial charge in [0, 0.05) is 11.1 Å². The minimum Gasteiger partial charge on any atom is -0.478 e. The Morgan fingerprint density at radius 1 is 1.25 bits per heavy atom. The van der Waals surface area contributed by atoms with Crippen LogP contribution in [-0.4, -0.2) is 11.1 Å². The van der Waals surface area contributed by atoms with E-state index in [1.54, 1.807) is 0 Å². The zero-order valence-electron chi connectivity index (χ0n) is 11.8. The van der Waals surface area contributed by atoms with Gasteiger partial charge in [0.05, 0.1) is 0 Å². The van der Waals surface area contributed by atoms with E-state index < -0.39 is 5.97 Å². The number of rotatable bonds is 6. The van der Waals surface area contributed by atoms with Crippen molar-refractivity contribution in [1.29, 1.82) is 0 Å². The molecule has 0 amide bonds. The molecular formula is C17H19ClO2. The second kappa shape index (κ2) is 8.39. The summed E-state index contributed by atoms with van der Waals surface area (Å²) in [7, 11) is 0. The minimum atomic E-state index is -0.917. The Kier molecular flexibility index (Phi) is 6.82. The number of halogens is 1. The van der Waals surface area contributed by atoms with Crippen LogP contribution in [0.2, 0.25) is 5.02 Å². The van der Waals surface area contributed by atoms with Gasteiger partial charge in [-0.05, 0) is 55.5 Å². The summed E-state index contributed by atoms with van der Waals surface area (Å²) in [5.41, 5.74) is 2.92. The predicted octanol–water partition coefficient (Wildman–Crippen LogP) is 4.81. The summed E-state index contributed by atoms with van der Waals surface area (Å²) in [6, 6.07) is 7.62. The number of allylic oxidation sites excluding steroid dienone is 5. The smallest absolute Gasteiger partial charge is 0.328 e. The van der Waals surface area contributed by atoms with E-state index in [0.717, 1.165) is 23.1 Å². The number of carboxylic acids is 1. The lowest BCUT2D eigenvalue weighted by Crippen LogP contribution is -1.97. The first kappa shape index (κ1) is 16.3. The quantitative estimate of drug-likeness (QED) is 0.603. The highest BCUT2D eigenvalue weighted by atomic mass is 35.5. The van der Waals surface area contributed by atoms with Crippen LogP contribution < -0.4 is 0 Å². The Morgan fingerprint density at radius 3 is 2.40 bits per heavy atom. The topological polar surface area (TPSA) is 37.3 Å². The van der Waals surface area contributed by atoms with E-state index in [-0.39, 0.29) is 0 Å². The number of benzene rings is 1. The van der Waals surface area contributed by atoms with Crippen molar-refractivity contribution in [2.45, 2.75) is 26.7 Å². The van der Waals surface area contributed by atoms with Crippen LogP contribution in [0.1, 0.15) is 25.8 Å². The van der Waals surface area contributed by atoms with E-state index in [2.05, 4.69) is 0 Å². The third kappa shape index (κ3) is 5.45. The van der Waals surface area contributed by atoms with Crippen molar-refractivity contribution in [3.8, 4) is 0 Å². The lowest BCUT2D eigenvalue weighted by atomic mass is 9.97. The van der Waals surface area contributed by atoms with Crippen molar-refractivity contribution in [3.63, 3.8) is 0 Å². The van der Waals surface area contributed by atoms with Gasteiger partial charge in [-0.2, -0.15) is 0 Å². The van der Waals surface area contributed by atoms with Gasteiger partial charge in [-0.15, -0.1) is 0 Å². The van der Waals surface area contributed by atoms with Crippen LogP contribution >= 0.6 is 11.6 Å². The molecule has 0 aliphatic rings. The summed E-state index contributed by atoms with van der Waals surface area (Å²) in [5, 5.41) is 9.69. The molecule has 0 radical (unpaired) electrons. The Hall–Kier alpha value is -1.80. The summed E-state index contributed by atoms with van der Waals surface area (Å²) in [6.45, 7) is 3.83. The second-order valence-corrected chi connectivity index (χ2v) is 4.81. The number of aliphatic carboxylic acids is 1. The van der Waals surface area contributed by atoms with Crippen LogP contribution in [0, 0.1) is 0 Å². The summed E-state index contributed by atoms with van der Waals surface area (Å²) in [4.78, 5) is 10.9. The molecule has 0 heterocycles. The van der Waals surface area contributed by atoms with E-state index in [9.17, 15) is 4.79 Å². The highest BCUT2D eigenvalue weighted by molar-refractivity contribution is 6.30. The van der Waals surface area contributed by atoms with Gasteiger partial charge in [0.15, 0.2) is 0 Å². The van der Waals surface area contributed by atoms with Gasteiger partial charge < -0.3 is 5.11 Å². The van der Waals surface area contributed by atoms with Crippen molar-refractivity contribution < 1.29 is 9.90 Å². The number of aryl methyl sites for hydroxylation is 1. The van der Waals surface area contributed by atoms with Crippen LogP contribution in [0.15, 0.2) is 59.7 Å². The van der Waals surface area contributed by atoms with E-state index >= 15 is 0 Å². The van der Waals surface area contributed by atoms with E-state index in [0.29, 0.717) is 11.4 Å². The fraction of sp³-hybridized carbons (Fsp3) is 0.235. The molecule has 0 fully saturated rings. The molecule has 1 N–H and O–H groups in total. The number of hydrogen-bond acceptors (Lipinski definition) is 1. The lowest BCUT2D eigenvalue weighted by Gasteiger charge is -2.08. The maximum Gasteiger partial charge on any atom is 0.328 e. The summed E-state index contributed by atoms with van der Waals surface area (Å²) in [6.07, 6.45) is 8.51. The Labute approximate surface area is 125 Å². The fourth-order valence-corrected chi connectivity index (χ4v) is 2.07. The lowest BCUT2D eigenvalue weighted by molar-refractivity contribution is -0.131. The molecule has 0 aromatic heterocycles. The molecule has 1 aromatic rings. The summed E-state index contributed by atoms with van der Waals surface area (Å²) >= 11 is 5.85. The molecule has 0 aliphatic carbocycles. The maximum absolute atomic E-state index is 10.9.